The number of benzene rings is 2. The first-order chi connectivity index (χ1) is 13.7. The van der Waals surface area contributed by atoms with Gasteiger partial charge in [-0.1, -0.05) is 11.2 Å². The van der Waals surface area contributed by atoms with E-state index in [0.29, 0.717) is 28.7 Å². The zero-order valence-corrected chi connectivity index (χ0v) is 15.0. The number of rotatable bonds is 5. The lowest BCUT2D eigenvalue weighted by Gasteiger charge is -2.07. The summed E-state index contributed by atoms with van der Waals surface area (Å²) in [5.41, 5.74) is 2.76. The van der Waals surface area contributed by atoms with Crippen molar-refractivity contribution in [2.24, 2.45) is 0 Å². The predicted octanol–water partition coefficient (Wildman–Crippen LogP) is 4.06. The Labute approximate surface area is 161 Å². The number of anilines is 1. The molecule has 4 aromatic rings. The highest BCUT2D eigenvalue weighted by Crippen LogP contribution is 2.23. The van der Waals surface area contributed by atoms with Crippen LogP contribution in [0.2, 0.25) is 0 Å². The molecule has 0 aliphatic carbocycles. The smallest absolute Gasteiger partial charge is 0.258 e. The summed E-state index contributed by atoms with van der Waals surface area (Å²) >= 11 is 0. The summed E-state index contributed by atoms with van der Waals surface area (Å²) in [4.78, 5) is 20.8. The van der Waals surface area contributed by atoms with Crippen molar-refractivity contribution in [2.75, 3.05) is 12.4 Å². The van der Waals surface area contributed by atoms with Crippen molar-refractivity contribution >= 4 is 11.6 Å². The summed E-state index contributed by atoms with van der Waals surface area (Å²) < 4.78 is 10.5. The van der Waals surface area contributed by atoms with E-state index in [4.69, 9.17) is 9.26 Å². The topological polar surface area (TPSA) is 90.1 Å². The fourth-order valence-electron chi connectivity index (χ4n) is 2.62. The number of amides is 1. The number of ether oxygens (including phenoxy) is 1. The predicted molar refractivity (Wildman–Crippen MR) is 104 cm³/mol. The van der Waals surface area contributed by atoms with E-state index in [9.17, 15) is 4.79 Å². The molecular weight excluding hydrogens is 356 g/mol. The molecule has 7 nitrogen and oxygen atoms in total. The van der Waals surface area contributed by atoms with Crippen molar-refractivity contribution in [2.45, 2.75) is 0 Å². The molecule has 1 amide bonds. The molecule has 0 radical (unpaired) electrons. The highest BCUT2D eigenvalue weighted by atomic mass is 16.5. The number of pyridine rings is 1. The van der Waals surface area contributed by atoms with Crippen LogP contribution in [0.15, 0.2) is 77.6 Å². The Morgan fingerprint density at radius 3 is 2.54 bits per heavy atom. The van der Waals surface area contributed by atoms with E-state index in [1.165, 1.54) is 0 Å². The van der Waals surface area contributed by atoms with Crippen molar-refractivity contribution in [3.63, 3.8) is 0 Å². The van der Waals surface area contributed by atoms with Crippen molar-refractivity contribution in [1.82, 2.24) is 15.1 Å². The molecule has 0 spiro atoms. The maximum atomic E-state index is 12.4. The van der Waals surface area contributed by atoms with E-state index in [1.807, 2.05) is 12.1 Å². The summed E-state index contributed by atoms with van der Waals surface area (Å²) in [5.74, 6) is 1.31. The molecule has 4 rings (SSSR count). The second kappa shape index (κ2) is 7.71. The molecule has 0 saturated carbocycles. The van der Waals surface area contributed by atoms with Gasteiger partial charge in [0.05, 0.1) is 7.11 Å². The van der Waals surface area contributed by atoms with E-state index in [0.717, 1.165) is 11.1 Å². The van der Waals surface area contributed by atoms with E-state index < -0.39 is 0 Å². The second-order valence-electron chi connectivity index (χ2n) is 5.92. The van der Waals surface area contributed by atoms with Crippen LogP contribution in [0.1, 0.15) is 10.4 Å². The Morgan fingerprint density at radius 2 is 1.79 bits per heavy atom. The van der Waals surface area contributed by atoms with Gasteiger partial charge in [-0.15, -0.1) is 0 Å². The van der Waals surface area contributed by atoms with E-state index in [2.05, 4.69) is 20.4 Å². The van der Waals surface area contributed by atoms with Gasteiger partial charge in [0.2, 0.25) is 5.82 Å². The average Bonchev–Trinajstić information content (AvgIpc) is 3.25. The molecule has 0 bridgehead atoms. The number of hydrogen-bond donors (Lipinski definition) is 1. The van der Waals surface area contributed by atoms with Crippen molar-refractivity contribution in [3.05, 3.63) is 78.6 Å². The lowest BCUT2D eigenvalue weighted by Crippen LogP contribution is -2.11. The van der Waals surface area contributed by atoms with Gasteiger partial charge in [-0.05, 0) is 54.6 Å². The Balaban J connectivity index is 1.48. The molecule has 7 heteroatoms. The maximum Gasteiger partial charge on any atom is 0.258 e. The third-order valence-electron chi connectivity index (χ3n) is 4.09. The third-order valence-corrected chi connectivity index (χ3v) is 4.09. The highest BCUT2D eigenvalue weighted by Gasteiger charge is 2.11. The number of nitrogens with zero attached hydrogens (tertiary/aromatic N) is 3. The van der Waals surface area contributed by atoms with Crippen LogP contribution in [0, 0.1) is 0 Å². The number of carbonyl (C=O) groups is 1. The molecule has 0 unspecified atom stereocenters. The summed E-state index contributed by atoms with van der Waals surface area (Å²) in [5, 5.41) is 6.87. The summed E-state index contributed by atoms with van der Waals surface area (Å²) in [6, 6.07) is 17.8. The Morgan fingerprint density at radius 1 is 1.00 bits per heavy atom. The van der Waals surface area contributed by atoms with Crippen molar-refractivity contribution in [3.8, 4) is 28.6 Å². The van der Waals surface area contributed by atoms with Gasteiger partial charge >= 0.3 is 0 Å². The molecule has 1 N–H and O–H groups in total. The van der Waals surface area contributed by atoms with Gasteiger partial charge in [-0.2, -0.15) is 4.98 Å². The second-order valence-corrected chi connectivity index (χ2v) is 5.92. The number of carbonyl (C=O) groups excluding carboxylic acids is 1. The zero-order valence-electron chi connectivity index (χ0n) is 15.0. The van der Waals surface area contributed by atoms with Crippen LogP contribution >= 0.6 is 0 Å². The van der Waals surface area contributed by atoms with Gasteiger partial charge in [0.1, 0.15) is 5.75 Å². The van der Waals surface area contributed by atoms with E-state index in [-0.39, 0.29) is 5.91 Å². The zero-order chi connectivity index (χ0) is 19.3. The normalized spacial score (nSPS) is 10.5. The first-order valence-electron chi connectivity index (χ1n) is 8.53. The molecule has 138 valence electrons. The summed E-state index contributed by atoms with van der Waals surface area (Å²) in [7, 11) is 1.56. The SMILES string of the molecule is COc1cccc(C(=O)Nc2ccc(-c3noc(-c4ccncc4)n3)cc2)c1. The lowest BCUT2D eigenvalue weighted by atomic mass is 10.1. The molecule has 0 atom stereocenters. The maximum absolute atomic E-state index is 12.4. The Hall–Kier alpha value is -4.00. The van der Waals surface area contributed by atoms with Crippen molar-refractivity contribution in [1.29, 1.82) is 0 Å². The van der Waals surface area contributed by atoms with Gasteiger partial charge in [-0.3, -0.25) is 9.78 Å². The molecule has 0 fully saturated rings. The van der Waals surface area contributed by atoms with Crippen LogP contribution in [-0.4, -0.2) is 28.1 Å². The van der Waals surface area contributed by atoms with E-state index in [1.54, 1.807) is 68.0 Å². The minimum atomic E-state index is -0.216. The standard InChI is InChI=1S/C21H16N4O3/c1-27-18-4-2-3-16(13-18)20(26)23-17-7-5-14(6-8-17)19-24-21(28-25-19)15-9-11-22-12-10-15/h2-13H,1H3,(H,23,26). The number of aromatic nitrogens is 3. The lowest BCUT2D eigenvalue weighted by molar-refractivity contribution is 0.102. The number of hydrogen-bond acceptors (Lipinski definition) is 6. The quantitative estimate of drug-likeness (QED) is 0.568. The largest absolute Gasteiger partial charge is 0.497 e. The van der Waals surface area contributed by atoms with Crippen LogP contribution in [0.3, 0.4) is 0 Å². The molecular formula is C21H16N4O3. The van der Waals surface area contributed by atoms with Gasteiger partial charge in [0, 0.05) is 34.8 Å². The van der Waals surface area contributed by atoms with Crippen LogP contribution in [0.5, 0.6) is 5.75 Å². The molecule has 0 saturated heterocycles. The molecule has 0 aliphatic heterocycles. The highest BCUT2D eigenvalue weighted by molar-refractivity contribution is 6.04. The van der Waals surface area contributed by atoms with Crippen LogP contribution in [0.25, 0.3) is 22.8 Å². The van der Waals surface area contributed by atoms with Crippen LogP contribution in [-0.2, 0) is 0 Å². The first kappa shape index (κ1) is 17.4. The Bertz CT molecular complexity index is 1090. The molecule has 0 aliphatic rings. The van der Waals surface area contributed by atoms with Gasteiger partial charge in [0.15, 0.2) is 0 Å². The fraction of sp³-hybridized carbons (Fsp3) is 0.0476. The molecule has 2 aromatic heterocycles. The summed E-state index contributed by atoms with van der Waals surface area (Å²) in [6.07, 6.45) is 3.33. The first-order valence-corrected chi connectivity index (χ1v) is 8.53. The Kier molecular flexibility index (Phi) is 4.79. The fourth-order valence-corrected chi connectivity index (χ4v) is 2.62. The van der Waals surface area contributed by atoms with Crippen molar-refractivity contribution < 1.29 is 14.1 Å². The molecule has 2 aromatic carbocycles. The number of nitrogens with one attached hydrogen (secondary N) is 1. The van der Waals surface area contributed by atoms with Gasteiger partial charge in [0.25, 0.3) is 11.8 Å². The van der Waals surface area contributed by atoms with Crippen LogP contribution < -0.4 is 10.1 Å². The van der Waals surface area contributed by atoms with E-state index >= 15 is 0 Å². The average molecular weight is 372 g/mol. The number of methoxy groups -OCH3 is 1. The van der Waals surface area contributed by atoms with Gasteiger partial charge < -0.3 is 14.6 Å². The summed E-state index contributed by atoms with van der Waals surface area (Å²) in [6.45, 7) is 0. The monoisotopic (exact) mass is 372 g/mol. The molecule has 28 heavy (non-hydrogen) atoms. The van der Waals surface area contributed by atoms with Gasteiger partial charge in [-0.25, -0.2) is 0 Å². The third kappa shape index (κ3) is 3.73. The minimum absolute atomic E-state index is 0.216. The van der Waals surface area contributed by atoms with Crippen LogP contribution in [0.4, 0.5) is 5.69 Å². The molecule has 2 heterocycles. The minimum Gasteiger partial charge on any atom is -0.497 e.